The third kappa shape index (κ3) is 5.50. The lowest BCUT2D eigenvalue weighted by Gasteiger charge is -2.43. The summed E-state index contributed by atoms with van der Waals surface area (Å²) in [6, 6.07) is 6.58. The highest BCUT2D eigenvalue weighted by atomic mass is 19.3. The summed E-state index contributed by atoms with van der Waals surface area (Å²) < 4.78 is 71.8. The average Bonchev–Trinajstić information content (AvgIpc) is 3.20. The largest absolute Gasteiger partial charge is 0.485 e. The fraction of sp³-hybridized carbons (Fsp3) is 0.375. The number of nitrogens with zero attached hydrogens (tertiary/aromatic N) is 3. The fourth-order valence-corrected chi connectivity index (χ4v) is 3.83. The minimum absolute atomic E-state index is 0.0707. The molecule has 1 fully saturated rings. The molecule has 38 heavy (non-hydrogen) atoms. The van der Waals surface area contributed by atoms with Crippen LogP contribution in [0.4, 0.5) is 17.6 Å². The van der Waals surface area contributed by atoms with Gasteiger partial charge in [-0.05, 0) is 45.0 Å². The molecule has 3 aromatic rings. The molecule has 0 aliphatic carbocycles. The van der Waals surface area contributed by atoms with E-state index in [0.29, 0.717) is 0 Å². The van der Waals surface area contributed by atoms with Crippen LogP contribution in [0.25, 0.3) is 5.65 Å². The highest BCUT2D eigenvalue weighted by Gasteiger charge is 2.45. The second-order valence-electron chi connectivity index (χ2n) is 9.04. The van der Waals surface area contributed by atoms with E-state index in [9.17, 15) is 22.4 Å². The van der Waals surface area contributed by atoms with Crippen molar-refractivity contribution in [2.24, 2.45) is 10.8 Å². The number of nitrogens with one attached hydrogen (secondary N) is 2. The molecule has 204 valence electrons. The van der Waals surface area contributed by atoms with Gasteiger partial charge in [0.05, 0.1) is 24.5 Å². The van der Waals surface area contributed by atoms with Gasteiger partial charge in [0, 0.05) is 6.20 Å². The number of aromatic nitrogens is 2. The molecule has 0 spiro atoms. The summed E-state index contributed by atoms with van der Waals surface area (Å²) in [7, 11) is 0. The van der Waals surface area contributed by atoms with Gasteiger partial charge < -0.3 is 25.3 Å². The molecular weight excluding hydrogens is 512 g/mol. The van der Waals surface area contributed by atoms with Crippen molar-refractivity contribution >= 4 is 17.4 Å². The Morgan fingerprint density at radius 3 is 2.50 bits per heavy atom. The quantitative estimate of drug-likeness (QED) is 0.132. The molecule has 0 radical (unpaired) electrons. The number of fused-ring (bicyclic) bond motifs is 1. The van der Waals surface area contributed by atoms with E-state index in [1.54, 1.807) is 38.5 Å². The van der Waals surface area contributed by atoms with Gasteiger partial charge in [-0.15, -0.1) is 0 Å². The molecule has 2 aromatic heterocycles. The summed E-state index contributed by atoms with van der Waals surface area (Å²) in [5.41, 5.74) is 6.27. The van der Waals surface area contributed by atoms with Crippen molar-refractivity contribution in [3.8, 4) is 5.75 Å². The van der Waals surface area contributed by atoms with E-state index in [0.717, 1.165) is 12.1 Å². The predicted octanol–water partition coefficient (Wildman–Crippen LogP) is 2.84. The standard InChI is InChI=1S/C24H26F4N6O4/c1-13-18(20(35)31-24(21(29)32-33-22(27)28)11-37-23(2,3)38-12-24)34-9-5-8-17(19(34)30-13)36-10-14-15(25)6-4-7-16(14)26/h4-9,22,33H,10-12H2,1-3H3,(H2,29,32)(H,31,35). The van der Waals surface area contributed by atoms with Crippen LogP contribution >= 0.6 is 0 Å². The summed E-state index contributed by atoms with van der Waals surface area (Å²) in [6.45, 7) is 1.03. The molecule has 0 bridgehead atoms. The highest BCUT2D eigenvalue weighted by Crippen LogP contribution is 2.27. The predicted molar refractivity (Wildman–Crippen MR) is 128 cm³/mol. The van der Waals surface area contributed by atoms with E-state index in [-0.39, 0.29) is 47.4 Å². The topological polar surface area (TPSA) is 125 Å². The number of imidazole rings is 1. The van der Waals surface area contributed by atoms with Crippen molar-refractivity contribution in [1.82, 2.24) is 20.1 Å². The van der Waals surface area contributed by atoms with E-state index in [4.69, 9.17) is 19.9 Å². The molecule has 1 aliphatic rings. The number of aryl methyl sites for hydroxylation is 1. The lowest BCUT2D eigenvalue weighted by molar-refractivity contribution is -0.260. The van der Waals surface area contributed by atoms with Gasteiger partial charge in [0.25, 0.3) is 5.91 Å². The number of hydrogen-bond acceptors (Lipinski definition) is 7. The number of ether oxygens (including phenoxy) is 3. The minimum atomic E-state index is -2.99. The van der Waals surface area contributed by atoms with Gasteiger partial charge in [0.2, 0.25) is 0 Å². The van der Waals surface area contributed by atoms with Crippen LogP contribution in [0.2, 0.25) is 0 Å². The third-order valence-electron chi connectivity index (χ3n) is 5.90. The highest BCUT2D eigenvalue weighted by molar-refractivity contribution is 6.01. The normalized spacial score (nSPS) is 17.0. The number of rotatable bonds is 8. The van der Waals surface area contributed by atoms with E-state index >= 15 is 0 Å². The van der Waals surface area contributed by atoms with E-state index in [1.807, 2.05) is 0 Å². The van der Waals surface area contributed by atoms with E-state index in [2.05, 4.69) is 15.4 Å². The number of amidine groups is 1. The number of hydrazone groups is 1. The minimum Gasteiger partial charge on any atom is -0.485 e. The average molecular weight is 539 g/mol. The maximum absolute atomic E-state index is 14.0. The molecule has 0 unspecified atom stereocenters. The number of benzene rings is 1. The molecular formula is C24H26F4N6O4. The van der Waals surface area contributed by atoms with E-state index in [1.165, 1.54) is 16.5 Å². The van der Waals surface area contributed by atoms with Crippen LogP contribution in [-0.2, 0) is 16.1 Å². The molecule has 0 atom stereocenters. The summed E-state index contributed by atoms with van der Waals surface area (Å²) in [5, 5.41) is 6.17. The Labute approximate surface area is 214 Å². The zero-order valence-corrected chi connectivity index (χ0v) is 20.7. The van der Waals surface area contributed by atoms with Crippen LogP contribution in [0.5, 0.6) is 5.75 Å². The molecule has 0 saturated carbocycles. The van der Waals surface area contributed by atoms with Crippen molar-refractivity contribution < 1.29 is 36.6 Å². The Kier molecular flexibility index (Phi) is 7.47. The zero-order chi connectivity index (χ0) is 27.7. The van der Waals surface area contributed by atoms with Crippen LogP contribution in [0.3, 0.4) is 0 Å². The van der Waals surface area contributed by atoms with Crippen molar-refractivity contribution in [1.29, 1.82) is 0 Å². The van der Waals surface area contributed by atoms with Gasteiger partial charge in [0.15, 0.2) is 23.0 Å². The molecule has 4 N–H and O–H groups in total. The number of hydrogen-bond donors (Lipinski definition) is 3. The second-order valence-corrected chi connectivity index (χ2v) is 9.04. The Morgan fingerprint density at radius 1 is 1.21 bits per heavy atom. The first kappa shape index (κ1) is 27.1. The second kappa shape index (κ2) is 10.5. The van der Waals surface area contributed by atoms with Gasteiger partial charge in [0.1, 0.15) is 29.5 Å². The number of nitrogens with two attached hydrogens (primary N) is 1. The van der Waals surface area contributed by atoms with Crippen LogP contribution in [-0.4, -0.2) is 52.2 Å². The van der Waals surface area contributed by atoms with Crippen LogP contribution in [0, 0.1) is 18.6 Å². The van der Waals surface area contributed by atoms with Crippen LogP contribution in [0.15, 0.2) is 41.6 Å². The van der Waals surface area contributed by atoms with Gasteiger partial charge >= 0.3 is 6.55 Å². The third-order valence-corrected chi connectivity index (χ3v) is 5.90. The molecule has 1 aromatic carbocycles. The summed E-state index contributed by atoms with van der Waals surface area (Å²) in [5.74, 6) is -3.43. The van der Waals surface area contributed by atoms with E-state index < -0.39 is 42.0 Å². The maximum Gasteiger partial charge on any atom is 0.327 e. The fourth-order valence-electron chi connectivity index (χ4n) is 3.83. The van der Waals surface area contributed by atoms with Crippen molar-refractivity contribution in [2.75, 3.05) is 13.2 Å². The Bertz CT molecular complexity index is 1350. The molecule has 10 nitrogen and oxygen atoms in total. The summed E-state index contributed by atoms with van der Waals surface area (Å²) in [6.07, 6.45) is 1.54. The summed E-state index contributed by atoms with van der Waals surface area (Å²) >= 11 is 0. The maximum atomic E-state index is 14.0. The van der Waals surface area contributed by atoms with Gasteiger partial charge in [-0.3, -0.25) is 9.20 Å². The molecule has 3 heterocycles. The smallest absolute Gasteiger partial charge is 0.327 e. The number of halogens is 4. The van der Waals surface area contributed by atoms with Crippen LogP contribution in [0.1, 0.15) is 35.6 Å². The first-order chi connectivity index (χ1) is 17.9. The molecule has 1 amide bonds. The lowest BCUT2D eigenvalue weighted by Crippen LogP contribution is -2.67. The van der Waals surface area contributed by atoms with Crippen molar-refractivity contribution in [3.63, 3.8) is 0 Å². The first-order valence-electron chi connectivity index (χ1n) is 11.4. The number of alkyl halides is 2. The molecule has 1 saturated heterocycles. The number of amides is 1. The number of carbonyl (C=O) groups is 1. The van der Waals surface area contributed by atoms with Gasteiger partial charge in [-0.1, -0.05) is 6.07 Å². The Balaban J connectivity index is 1.64. The number of pyridine rings is 1. The Hall–Kier alpha value is -3.91. The first-order valence-corrected chi connectivity index (χ1v) is 11.4. The molecule has 1 aliphatic heterocycles. The lowest BCUT2D eigenvalue weighted by atomic mass is 9.98. The monoisotopic (exact) mass is 538 g/mol. The van der Waals surface area contributed by atoms with Crippen molar-refractivity contribution in [3.05, 3.63) is 65.1 Å². The Morgan fingerprint density at radius 2 is 1.87 bits per heavy atom. The summed E-state index contributed by atoms with van der Waals surface area (Å²) in [4.78, 5) is 17.9. The zero-order valence-electron chi connectivity index (χ0n) is 20.7. The SMILES string of the molecule is Cc1nc2c(OCc3c(F)cccc3F)cccn2c1C(=O)NC1(/C(N)=N/NC(F)F)COC(C)(C)OC1. The number of carbonyl (C=O) groups excluding carboxylic acids is 1. The van der Waals surface area contributed by atoms with Crippen molar-refractivity contribution in [2.45, 2.75) is 45.3 Å². The molecule has 4 rings (SSSR count). The molecule has 14 heteroatoms. The van der Waals surface area contributed by atoms with Crippen LogP contribution < -0.4 is 21.2 Å². The van der Waals surface area contributed by atoms with Gasteiger partial charge in [-0.2, -0.15) is 13.9 Å². The van der Waals surface area contributed by atoms with Gasteiger partial charge in [-0.25, -0.2) is 19.2 Å².